The number of aromatic nitrogens is 2. The van der Waals surface area contributed by atoms with E-state index in [-0.39, 0.29) is 36.3 Å². The van der Waals surface area contributed by atoms with Gasteiger partial charge in [0.25, 0.3) is 0 Å². The second-order valence-electron chi connectivity index (χ2n) is 5.94. The topological polar surface area (TPSA) is 76.3 Å². The van der Waals surface area contributed by atoms with Crippen LogP contribution in [-0.2, 0) is 4.79 Å². The van der Waals surface area contributed by atoms with E-state index in [1.807, 2.05) is 0 Å². The molecule has 24 heavy (non-hydrogen) atoms. The van der Waals surface area contributed by atoms with Crippen LogP contribution in [0.5, 0.6) is 0 Å². The number of nitrogens with zero attached hydrogens (tertiary/aromatic N) is 3. The summed E-state index contributed by atoms with van der Waals surface area (Å²) in [6, 6.07) is 5.36. The van der Waals surface area contributed by atoms with Crippen LogP contribution in [0.15, 0.2) is 28.8 Å². The highest BCUT2D eigenvalue weighted by molar-refractivity contribution is 5.97. The van der Waals surface area contributed by atoms with Gasteiger partial charge in [-0.05, 0) is 37.6 Å². The fourth-order valence-corrected chi connectivity index (χ4v) is 2.83. The summed E-state index contributed by atoms with van der Waals surface area (Å²) in [4.78, 5) is 30.2. The van der Waals surface area contributed by atoms with Crippen molar-refractivity contribution in [3.8, 4) is 0 Å². The van der Waals surface area contributed by atoms with Gasteiger partial charge in [-0.1, -0.05) is 5.16 Å². The molecule has 2 aromatic rings. The zero-order chi connectivity index (χ0) is 17.1. The van der Waals surface area contributed by atoms with Gasteiger partial charge in [0.2, 0.25) is 11.8 Å². The summed E-state index contributed by atoms with van der Waals surface area (Å²) in [5.41, 5.74) is 0.421. The first-order valence-electron chi connectivity index (χ1n) is 7.89. The van der Waals surface area contributed by atoms with Gasteiger partial charge in [0.1, 0.15) is 5.82 Å². The van der Waals surface area contributed by atoms with Crippen LogP contribution in [0.1, 0.15) is 47.3 Å². The van der Waals surface area contributed by atoms with Crippen LogP contribution in [0.25, 0.3) is 0 Å². The predicted molar refractivity (Wildman–Crippen MR) is 82.9 cm³/mol. The first-order valence-corrected chi connectivity index (χ1v) is 7.89. The van der Waals surface area contributed by atoms with Crippen LogP contribution in [-0.4, -0.2) is 39.8 Å². The molecule has 1 aromatic carbocycles. The molecular formula is C17H18FN3O3. The van der Waals surface area contributed by atoms with E-state index in [4.69, 9.17) is 4.52 Å². The number of rotatable bonds is 5. The van der Waals surface area contributed by atoms with Crippen molar-refractivity contribution in [3.63, 3.8) is 0 Å². The van der Waals surface area contributed by atoms with Gasteiger partial charge in [0, 0.05) is 31.5 Å². The molecular weight excluding hydrogens is 313 g/mol. The number of likely N-dealkylation sites (tertiary alicyclic amines) is 1. The molecule has 1 amide bonds. The Balaban J connectivity index is 1.50. The second kappa shape index (κ2) is 6.90. The molecule has 0 bridgehead atoms. The SMILES string of the molecule is Cc1noc([C@@H]2CCN(C(=O)CCC(=O)c3ccc(F)cc3)C2)n1. The highest BCUT2D eigenvalue weighted by Gasteiger charge is 2.30. The molecule has 126 valence electrons. The average Bonchev–Trinajstić information content (AvgIpc) is 3.22. The fraction of sp³-hybridized carbons (Fsp3) is 0.412. The van der Waals surface area contributed by atoms with Gasteiger partial charge in [-0.2, -0.15) is 4.98 Å². The Morgan fingerprint density at radius 1 is 1.29 bits per heavy atom. The van der Waals surface area contributed by atoms with Crippen LogP contribution in [0.3, 0.4) is 0 Å². The van der Waals surface area contributed by atoms with Gasteiger partial charge in [0.05, 0.1) is 5.92 Å². The normalized spacial score (nSPS) is 17.2. The number of Topliss-reactive ketones (excluding diaryl/α,β-unsaturated/α-hetero) is 1. The molecule has 1 aliphatic rings. The van der Waals surface area contributed by atoms with Crippen LogP contribution < -0.4 is 0 Å². The summed E-state index contributed by atoms with van der Waals surface area (Å²) in [5, 5.41) is 3.77. The number of benzene rings is 1. The van der Waals surface area contributed by atoms with E-state index in [1.165, 1.54) is 24.3 Å². The molecule has 0 saturated carbocycles. The van der Waals surface area contributed by atoms with Crippen molar-refractivity contribution in [1.82, 2.24) is 15.0 Å². The van der Waals surface area contributed by atoms with Gasteiger partial charge in [-0.25, -0.2) is 4.39 Å². The molecule has 3 rings (SSSR count). The van der Waals surface area contributed by atoms with Crippen LogP contribution >= 0.6 is 0 Å². The molecule has 1 saturated heterocycles. The van der Waals surface area contributed by atoms with E-state index < -0.39 is 0 Å². The molecule has 0 aliphatic carbocycles. The largest absolute Gasteiger partial charge is 0.342 e. The number of hydrogen-bond donors (Lipinski definition) is 0. The van der Waals surface area contributed by atoms with E-state index in [9.17, 15) is 14.0 Å². The Morgan fingerprint density at radius 3 is 2.71 bits per heavy atom. The Morgan fingerprint density at radius 2 is 2.04 bits per heavy atom. The van der Waals surface area contributed by atoms with Crippen molar-refractivity contribution in [2.45, 2.75) is 32.1 Å². The summed E-state index contributed by atoms with van der Waals surface area (Å²) in [6.07, 6.45) is 1.04. The van der Waals surface area contributed by atoms with Crippen LogP contribution in [0.2, 0.25) is 0 Å². The molecule has 0 N–H and O–H groups in total. The molecule has 1 aliphatic heterocycles. The highest BCUT2D eigenvalue weighted by Crippen LogP contribution is 2.26. The molecule has 2 heterocycles. The highest BCUT2D eigenvalue weighted by atomic mass is 19.1. The number of amides is 1. The number of carbonyl (C=O) groups is 2. The second-order valence-corrected chi connectivity index (χ2v) is 5.94. The molecule has 1 fully saturated rings. The van der Waals surface area contributed by atoms with Gasteiger partial charge < -0.3 is 9.42 Å². The zero-order valence-corrected chi connectivity index (χ0v) is 13.4. The monoisotopic (exact) mass is 331 g/mol. The van der Waals surface area contributed by atoms with Gasteiger partial charge in [-0.3, -0.25) is 9.59 Å². The maximum absolute atomic E-state index is 12.9. The van der Waals surface area contributed by atoms with Crippen molar-refractivity contribution in [1.29, 1.82) is 0 Å². The molecule has 0 radical (unpaired) electrons. The summed E-state index contributed by atoms with van der Waals surface area (Å²) in [5.74, 6) is 0.589. The molecule has 6 nitrogen and oxygen atoms in total. The maximum atomic E-state index is 12.9. The van der Waals surface area contributed by atoms with Gasteiger partial charge in [0.15, 0.2) is 11.6 Å². The van der Waals surface area contributed by atoms with Crippen molar-refractivity contribution in [3.05, 3.63) is 47.4 Å². The number of ketones is 1. The van der Waals surface area contributed by atoms with E-state index in [2.05, 4.69) is 10.1 Å². The summed E-state index contributed by atoms with van der Waals surface area (Å²) >= 11 is 0. The first-order chi connectivity index (χ1) is 11.5. The lowest BCUT2D eigenvalue weighted by atomic mass is 10.1. The lowest BCUT2D eigenvalue weighted by molar-refractivity contribution is -0.130. The molecule has 1 atom stereocenters. The van der Waals surface area contributed by atoms with Crippen molar-refractivity contribution in [2.75, 3.05) is 13.1 Å². The molecule has 0 spiro atoms. The Labute approximate surface area is 138 Å². The molecule has 7 heteroatoms. The smallest absolute Gasteiger partial charge is 0.231 e. The Kier molecular flexibility index (Phi) is 4.69. The lowest BCUT2D eigenvalue weighted by Crippen LogP contribution is -2.28. The quantitative estimate of drug-likeness (QED) is 0.787. The van der Waals surface area contributed by atoms with Gasteiger partial charge in [-0.15, -0.1) is 0 Å². The fourth-order valence-electron chi connectivity index (χ4n) is 2.83. The number of hydrogen-bond acceptors (Lipinski definition) is 5. The van der Waals surface area contributed by atoms with Crippen molar-refractivity contribution >= 4 is 11.7 Å². The zero-order valence-electron chi connectivity index (χ0n) is 13.4. The third-order valence-corrected chi connectivity index (χ3v) is 4.17. The summed E-state index contributed by atoms with van der Waals surface area (Å²) in [6.45, 7) is 2.91. The minimum Gasteiger partial charge on any atom is -0.342 e. The van der Waals surface area contributed by atoms with E-state index in [0.29, 0.717) is 30.4 Å². The van der Waals surface area contributed by atoms with Gasteiger partial charge >= 0.3 is 0 Å². The van der Waals surface area contributed by atoms with E-state index >= 15 is 0 Å². The van der Waals surface area contributed by atoms with E-state index in [0.717, 1.165) is 6.42 Å². The van der Waals surface area contributed by atoms with Crippen LogP contribution in [0.4, 0.5) is 4.39 Å². The van der Waals surface area contributed by atoms with Crippen LogP contribution in [0, 0.1) is 12.7 Å². The van der Waals surface area contributed by atoms with E-state index in [1.54, 1.807) is 11.8 Å². The summed E-state index contributed by atoms with van der Waals surface area (Å²) in [7, 11) is 0. The van der Waals surface area contributed by atoms with Crippen molar-refractivity contribution in [2.24, 2.45) is 0 Å². The third kappa shape index (κ3) is 3.67. The third-order valence-electron chi connectivity index (χ3n) is 4.17. The standard InChI is InChI=1S/C17H18FN3O3/c1-11-19-17(24-20-11)13-8-9-21(10-13)16(23)7-6-15(22)12-2-4-14(18)5-3-12/h2-5,13H,6-10H2,1H3/t13-/m1/s1. The molecule has 0 unspecified atom stereocenters. The number of carbonyl (C=O) groups excluding carboxylic acids is 2. The minimum absolute atomic E-state index is 0.0583. The predicted octanol–water partition coefficient (Wildman–Crippen LogP) is 2.50. The average molecular weight is 331 g/mol. The minimum atomic E-state index is -0.387. The maximum Gasteiger partial charge on any atom is 0.231 e. The number of halogens is 1. The molecule has 1 aromatic heterocycles. The summed E-state index contributed by atoms with van der Waals surface area (Å²) < 4.78 is 18.0. The van der Waals surface area contributed by atoms with Crippen molar-refractivity contribution < 1.29 is 18.5 Å². The lowest BCUT2D eigenvalue weighted by Gasteiger charge is -2.15. The Hall–Kier alpha value is -2.57. The first kappa shape index (κ1) is 16.3. The Bertz CT molecular complexity index is 742. The number of aryl methyl sites for hydroxylation is 1.